The van der Waals surface area contributed by atoms with Gasteiger partial charge in [-0.05, 0) is 0 Å². The molecule has 0 saturated carbocycles. The van der Waals surface area contributed by atoms with Gasteiger partial charge in [0.1, 0.15) is 0 Å². The molecule has 3 N–H and O–H groups in total. The van der Waals surface area contributed by atoms with E-state index < -0.39 is 23.8 Å². The van der Waals surface area contributed by atoms with Crippen LogP contribution in [0.3, 0.4) is 0 Å². The maximum Gasteiger partial charge on any atom is 0.347 e. The van der Waals surface area contributed by atoms with Crippen LogP contribution >= 0.6 is 0 Å². The third-order valence-corrected chi connectivity index (χ3v) is 2.80. The molecule has 2 aliphatic rings. The highest BCUT2D eigenvalue weighted by Gasteiger charge is 2.53. The Balaban J connectivity index is 2.24. The summed E-state index contributed by atoms with van der Waals surface area (Å²) in [7, 11) is 0. The summed E-state index contributed by atoms with van der Waals surface area (Å²) in [4.78, 5) is 29.6. The average molecular weight is 215 g/mol. The van der Waals surface area contributed by atoms with Crippen LogP contribution in [0, 0.1) is 11.8 Å². The van der Waals surface area contributed by atoms with E-state index in [1.807, 2.05) is 0 Å². The summed E-state index contributed by atoms with van der Waals surface area (Å²) in [5.74, 6) is -3.58. The van der Waals surface area contributed by atoms with Crippen LogP contribution in [-0.2, 0) is 19.4 Å². The Morgan fingerprint density at radius 3 is 1.73 bits per heavy atom. The monoisotopic (exact) mass is 215 g/mol. The van der Waals surface area contributed by atoms with Crippen molar-refractivity contribution in [1.82, 2.24) is 5.32 Å². The lowest BCUT2D eigenvalue weighted by molar-refractivity contribution is -0.249. The van der Waals surface area contributed by atoms with Crippen molar-refractivity contribution < 1.29 is 29.9 Å². The first-order valence-corrected chi connectivity index (χ1v) is 4.34. The van der Waals surface area contributed by atoms with Gasteiger partial charge in [0, 0.05) is 12.1 Å². The van der Waals surface area contributed by atoms with Crippen molar-refractivity contribution in [3.05, 3.63) is 12.2 Å². The lowest BCUT2D eigenvalue weighted by Crippen LogP contribution is -2.37. The van der Waals surface area contributed by atoms with Crippen LogP contribution in [0.5, 0.6) is 0 Å². The maximum absolute atomic E-state index is 11.2. The minimum absolute atomic E-state index is 0.376. The van der Waals surface area contributed by atoms with E-state index in [0.29, 0.717) is 0 Å². The van der Waals surface area contributed by atoms with Crippen LogP contribution in [0.1, 0.15) is 0 Å². The molecule has 15 heavy (non-hydrogen) atoms. The van der Waals surface area contributed by atoms with Crippen LogP contribution < -0.4 is 5.32 Å². The number of carbonyl (C=O) groups is 2. The molecule has 1 saturated heterocycles. The molecule has 2 rings (SSSR count). The number of rotatable bonds is 2. The molecule has 0 aromatic rings. The first-order chi connectivity index (χ1) is 7.19. The van der Waals surface area contributed by atoms with Crippen molar-refractivity contribution in [3.8, 4) is 0 Å². The van der Waals surface area contributed by atoms with E-state index in [0.717, 1.165) is 0 Å². The van der Waals surface area contributed by atoms with Gasteiger partial charge in [0.15, 0.2) is 0 Å². The highest BCUT2D eigenvalue weighted by atomic mass is 17.1. The second-order valence-corrected chi connectivity index (χ2v) is 3.48. The summed E-state index contributed by atoms with van der Waals surface area (Å²) in [6.45, 7) is 0. The lowest BCUT2D eigenvalue weighted by Gasteiger charge is -2.19. The van der Waals surface area contributed by atoms with Gasteiger partial charge in [-0.1, -0.05) is 12.2 Å². The first kappa shape index (κ1) is 10.1. The zero-order valence-electron chi connectivity index (χ0n) is 7.49. The third-order valence-electron chi connectivity index (χ3n) is 2.80. The van der Waals surface area contributed by atoms with E-state index in [1.54, 1.807) is 12.2 Å². The topological polar surface area (TPSA) is 105 Å². The Hall–Kier alpha value is -1.44. The smallest absolute Gasteiger partial charge is 0.303 e. The third kappa shape index (κ3) is 1.41. The number of hydrogen-bond acceptors (Lipinski definition) is 7. The van der Waals surface area contributed by atoms with Crippen molar-refractivity contribution in [1.29, 1.82) is 0 Å². The molecule has 2 heterocycles. The SMILES string of the molecule is O=C(OO)C1C2C=CC(N2)C1C(=O)OO. The fraction of sp³-hybridized carbons (Fsp3) is 0.500. The van der Waals surface area contributed by atoms with Gasteiger partial charge in [0.25, 0.3) is 0 Å². The van der Waals surface area contributed by atoms with Gasteiger partial charge < -0.3 is 15.1 Å². The summed E-state index contributed by atoms with van der Waals surface area (Å²) >= 11 is 0. The van der Waals surface area contributed by atoms with Crippen LogP contribution in [0.2, 0.25) is 0 Å². The minimum Gasteiger partial charge on any atom is -0.303 e. The summed E-state index contributed by atoms with van der Waals surface area (Å²) < 4.78 is 0. The Morgan fingerprint density at radius 2 is 1.40 bits per heavy atom. The summed E-state index contributed by atoms with van der Waals surface area (Å²) in [6, 6.07) is -0.752. The van der Waals surface area contributed by atoms with Crippen molar-refractivity contribution in [2.75, 3.05) is 0 Å². The number of nitrogens with one attached hydrogen (secondary N) is 1. The average Bonchev–Trinajstić information content (AvgIpc) is 2.86. The second-order valence-electron chi connectivity index (χ2n) is 3.48. The Kier molecular flexibility index (Phi) is 2.43. The molecule has 0 radical (unpaired) electrons. The first-order valence-electron chi connectivity index (χ1n) is 4.34. The van der Waals surface area contributed by atoms with Crippen LogP contribution in [-0.4, -0.2) is 34.5 Å². The van der Waals surface area contributed by atoms with E-state index in [1.165, 1.54) is 0 Å². The molecule has 0 amide bonds. The fourth-order valence-corrected chi connectivity index (χ4v) is 2.17. The molecular formula is C8H9NO6. The molecule has 7 nitrogen and oxygen atoms in total. The largest absolute Gasteiger partial charge is 0.347 e. The molecule has 2 aliphatic heterocycles. The molecule has 2 bridgehead atoms. The fourth-order valence-electron chi connectivity index (χ4n) is 2.17. The lowest BCUT2D eigenvalue weighted by atomic mass is 9.83. The molecule has 7 heteroatoms. The molecule has 0 spiro atoms. The highest BCUT2D eigenvalue weighted by Crippen LogP contribution is 2.35. The predicted octanol–water partition coefficient (Wildman–Crippen LogP) is -0.839. The van der Waals surface area contributed by atoms with E-state index >= 15 is 0 Å². The van der Waals surface area contributed by atoms with Crippen molar-refractivity contribution >= 4 is 11.9 Å². The van der Waals surface area contributed by atoms with Crippen LogP contribution in [0.15, 0.2) is 12.2 Å². The van der Waals surface area contributed by atoms with Crippen molar-refractivity contribution in [2.24, 2.45) is 11.8 Å². The minimum atomic E-state index is -0.922. The van der Waals surface area contributed by atoms with Gasteiger partial charge in [0.05, 0.1) is 11.8 Å². The molecule has 4 unspecified atom stereocenters. The van der Waals surface area contributed by atoms with Crippen LogP contribution in [0.4, 0.5) is 0 Å². The maximum atomic E-state index is 11.2. The van der Waals surface area contributed by atoms with E-state index in [4.69, 9.17) is 10.5 Å². The van der Waals surface area contributed by atoms with Crippen molar-refractivity contribution in [3.63, 3.8) is 0 Å². The van der Waals surface area contributed by atoms with Gasteiger partial charge in [0.2, 0.25) is 0 Å². The number of carbonyl (C=O) groups excluding carboxylic acids is 2. The van der Waals surface area contributed by atoms with Gasteiger partial charge >= 0.3 is 11.9 Å². The Labute approximate surface area is 84.1 Å². The predicted molar refractivity (Wildman–Crippen MR) is 44.3 cm³/mol. The van der Waals surface area contributed by atoms with Gasteiger partial charge in [-0.25, -0.2) is 9.59 Å². The zero-order chi connectivity index (χ0) is 11.0. The molecule has 82 valence electrons. The standard InChI is InChI=1S/C8H9NO6/c10-7(14-12)5-3-1-2-4(9-3)6(5)8(11)15-13/h1-6,9,12-13H. The molecular weight excluding hydrogens is 206 g/mol. The molecule has 1 fully saturated rings. The van der Waals surface area contributed by atoms with E-state index in [9.17, 15) is 9.59 Å². The van der Waals surface area contributed by atoms with Crippen molar-refractivity contribution in [2.45, 2.75) is 12.1 Å². The Morgan fingerprint density at radius 1 is 1.00 bits per heavy atom. The second kappa shape index (κ2) is 3.61. The summed E-state index contributed by atoms with van der Waals surface area (Å²) in [5.41, 5.74) is 0. The van der Waals surface area contributed by atoms with Gasteiger partial charge in [-0.2, -0.15) is 10.5 Å². The molecule has 0 aromatic carbocycles. The molecule has 0 aliphatic carbocycles. The molecule has 0 aromatic heterocycles. The summed E-state index contributed by atoms with van der Waals surface area (Å²) in [6.07, 6.45) is 3.40. The highest BCUT2D eigenvalue weighted by molar-refractivity contribution is 5.85. The molecule has 4 atom stereocenters. The number of hydrogen-bond donors (Lipinski definition) is 3. The summed E-state index contributed by atoms with van der Waals surface area (Å²) in [5, 5.41) is 19.5. The normalized spacial score (nSPS) is 36.7. The van der Waals surface area contributed by atoms with Gasteiger partial charge in [-0.15, -0.1) is 0 Å². The van der Waals surface area contributed by atoms with E-state index in [-0.39, 0.29) is 12.1 Å². The number of fused-ring (bicyclic) bond motifs is 2. The zero-order valence-corrected chi connectivity index (χ0v) is 7.49. The van der Waals surface area contributed by atoms with Crippen LogP contribution in [0.25, 0.3) is 0 Å². The van der Waals surface area contributed by atoms with E-state index in [2.05, 4.69) is 15.1 Å². The van der Waals surface area contributed by atoms with Gasteiger partial charge in [-0.3, -0.25) is 0 Å². The Bertz CT molecular complexity index is 297. The quantitative estimate of drug-likeness (QED) is 0.313.